The Balaban J connectivity index is 2.40. The van der Waals surface area contributed by atoms with Gasteiger partial charge in [0.25, 0.3) is 5.56 Å². The lowest BCUT2D eigenvalue weighted by Crippen LogP contribution is -2.40. The van der Waals surface area contributed by atoms with Crippen LogP contribution in [0, 0.1) is 12.8 Å². The third-order valence-electron chi connectivity index (χ3n) is 3.39. The highest BCUT2D eigenvalue weighted by Gasteiger charge is 2.28. The van der Waals surface area contributed by atoms with Gasteiger partial charge in [-0.1, -0.05) is 18.7 Å². The number of carbonyl (C=O) groups is 1. The Morgan fingerprint density at radius 2 is 2.21 bits per heavy atom. The first kappa shape index (κ1) is 14.1. The Hall–Kier alpha value is -1.30. The van der Waals surface area contributed by atoms with Crippen molar-refractivity contribution in [2.75, 3.05) is 19.8 Å². The molecule has 2 heterocycles. The van der Waals surface area contributed by atoms with Gasteiger partial charge < -0.3 is 4.90 Å². The van der Waals surface area contributed by atoms with E-state index in [0.29, 0.717) is 18.7 Å². The third kappa shape index (κ3) is 2.54. The van der Waals surface area contributed by atoms with Crippen LogP contribution < -0.4 is 5.56 Å². The van der Waals surface area contributed by atoms with E-state index in [1.54, 1.807) is 23.6 Å². The minimum absolute atomic E-state index is 0.00811. The number of hydrogen-bond donors (Lipinski definition) is 0. The van der Waals surface area contributed by atoms with Crippen LogP contribution >= 0.6 is 11.8 Å². The second-order valence-electron chi connectivity index (χ2n) is 4.97. The molecule has 0 bridgehead atoms. The summed E-state index contributed by atoms with van der Waals surface area (Å²) in [6, 6.07) is 0. The lowest BCUT2D eigenvalue weighted by atomic mass is 10.1. The van der Waals surface area contributed by atoms with Gasteiger partial charge >= 0.3 is 0 Å². The normalized spacial score (nSPS) is 18.0. The number of amides is 1. The average molecular weight is 281 g/mol. The summed E-state index contributed by atoms with van der Waals surface area (Å²) in [5.41, 5.74) is 1.57. The quantitative estimate of drug-likeness (QED) is 0.757. The topological polar surface area (TPSA) is 55.2 Å². The molecule has 1 amide bonds. The highest BCUT2D eigenvalue weighted by atomic mass is 32.2. The molecule has 5 nitrogen and oxygen atoms in total. The summed E-state index contributed by atoms with van der Waals surface area (Å²) >= 11 is 1.49. The van der Waals surface area contributed by atoms with Gasteiger partial charge in [0, 0.05) is 37.7 Å². The van der Waals surface area contributed by atoms with Crippen molar-refractivity contribution in [2.45, 2.75) is 32.0 Å². The molecule has 1 aliphatic heterocycles. The minimum Gasteiger partial charge on any atom is -0.348 e. The number of rotatable bonds is 2. The van der Waals surface area contributed by atoms with Gasteiger partial charge in [0.2, 0.25) is 5.91 Å². The van der Waals surface area contributed by atoms with Gasteiger partial charge in [-0.15, -0.1) is 0 Å². The summed E-state index contributed by atoms with van der Waals surface area (Å²) in [5.74, 6) is 0.622. The second-order valence-corrected chi connectivity index (χ2v) is 5.96. The molecular formula is C13H19N3O2S. The van der Waals surface area contributed by atoms with E-state index >= 15 is 0 Å². The lowest BCUT2D eigenvalue weighted by molar-refractivity contribution is -0.132. The van der Waals surface area contributed by atoms with Crippen LogP contribution in [0.4, 0.5) is 0 Å². The molecule has 2 rings (SSSR count). The predicted molar refractivity (Wildman–Crippen MR) is 75.5 cm³/mol. The molecule has 0 spiro atoms. The monoisotopic (exact) mass is 281 g/mol. The number of hydrogen-bond acceptors (Lipinski definition) is 4. The zero-order chi connectivity index (χ0) is 14.2. The molecule has 1 aromatic rings. The van der Waals surface area contributed by atoms with Gasteiger partial charge in [0.15, 0.2) is 5.16 Å². The standard InChI is InChI=1S/C13H19N3O2S/c1-5-10-8(2)14-13-16(12(10)18)6-9(7-19-13)11(17)15(3)4/h9H,5-7H2,1-4H3. The number of carbonyl (C=O) groups excluding carboxylic acids is 1. The number of aromatic nitrogens is 2. The van der Waals surface area contributed by atoms with Gasteiger partial charge in [-0.05, 0) is 13.3 Å². The minimum atomic E-state index is -0.139. The molecule has 19 heavy (non-hydrogen) atoms. The molecule has 1 atom stereocenters. The van der Waals surface area contributed by atoms with Crippen molar-refractivity contribution < 1.29 is 4.79 Å². The van der Waals surface area contributed by atoms with Gasteiger partial charge in [0.1, 0.15) is 0 Å². The zero-order valence-electron chi connectivity index (χ0n) is 11.8. The largest absolute Gasteiger partial charge is 0.348 e. The summed E-state index contributed by atoms with van der Waals surface area (Å²) in [4.78, 5) is 30.5. The summed E-state index contributed by atoms with van der Waals surface area (Å²) in [5, 5.41) is 0.738. The Morgan fingerprint density at radius 1 is 1.53 bits per heavy atom. The van der Waals surface area contributed by atoms with Gasteiger partial charge in [-0.3, -0.25) is 14.2 Å². The Kier molecular flexibility index (Phi) is 3.99. The molecule has 6 heteroatoms. The van der Waals surface area contributed by atoms with Crippen LogP contribution in [0.5, 0.6) is 0 Å². The van der Waals surface area contributed by atoms with E-state index in [9.17, 15) is 9.59 Å². The van der Waals surface area contributed by atoms with Crippen LogP contribution in [0.15, 0.2) is 9.95 Å². The molecule has 0 radical (unpaired) electrons. The van der Waals surface area contributed by atoms with E-state index in [1.807, 2.05) is 13.8 Å². The molecule has 0 aliphatic carbocycles. The fourth-order valence-electron chi connectivity index (χ4n) is 2.32. The van der Waals surface area contributed by atoms with Crippen LogP contribution in [-0.4, -0.2) is 40.2 Å². The lowest BCUT2D eigenvalue weighted by Gasteiger charge is -2.27. The van der Waals surface area contributed by atoms with Gasteiger partial charge in [0.05, 0.1) is 5.92 Å². The van der Waals surface area contributed by atoms with Crippen molar-refractivity contribution >= 4 is 17.7 Å². The number of fused-ring (bicyclic) bond motifs is 1. The Bertz CT molecular complexity index is 566. The van der Waals surface area contributed by atoms with E-state index in [4.69, 9.17) is 0 Å². The van der Waals surface area contributed by atoms with E-state index in [1.165, 1.54) is 11.8 Å². The fraction of sp³-hybridized carbons (Fsp3) is 0.615. The Labute approximate surface area is 117 Å². The number of nitrogens with zero attached hydrogens (tertiary/aromatic N) is 3. The average Bonchev–Trinajstić information content (AvgIpc) is 2.38. The maximum Gasteiger partial charge on any atom is 0.257 e. The molecule has 0 saturated carbocycles. The van der Waals surface area contributed by atoms with Crippen LogP contribution in [0.25, 0.3) is 0 Å². The fourth-order valence-corrected chi connectivity index (χ4v) is 3.43. The maximum atomic E-state index is 12.4. The molecule has 0 saturated heterocycles. The van der Waals surface area contributed by atoms with Crippen LogP contribution in [0.3, 0.4) is 0 Å². The third-order valence-corrected chi connectivity index (χ3v) is 4.53. The summed E-state index contributed by atoms with van der Waals surface area (Å²) in [6.45, 7) is 4.27. The molecule has 0 aromatic carbocycles. The molecular weight excluding hydrogens is 262 g/mol. The molecule has 0 N–H and O–H groups in total. The van der Waals surface area contributed by atoms with Crippen molar-refractivity contribution in [3.8, 4) is 0 Å². The molecule has 0 fully saturated rings. The number of aryl methyl sites for hydroxylation is 1. The first-order valence-corrected chi connectivity index (χ1v) is 7.38. The SMILES string of the molecule is CCc1c(C)nc2n(c1=O)CC(C(=O)N(C)C)CS2. The molecule has 104 valence electrons. The van der Waals surface area contributed by atoms with E-state index in [2.05, 4.69) is 4.98 Å². The maximum absolute atomic E-state index is 12.4. The molecule has 1 aromatic heterocycles. The van der Waals surface area contributed by atoms with E-state index in [-0.39, 0.29) is 17.4 Å². The predicted octanol–water partition coefficient (Wildman–Crippen LogP) is 0.924. The highest BCUT2D eigenvalue weighted by molar-refractivity contribution is 7.99. The smallest absolute Gasteiger partial charge is 0.257 e. The van der Waals surface area contributed by atoms with Crippen molar-refractivity contribution in [1.82, 2.24) is 14.5 Å². The summed E-state index contributed by atoms with van der Waals surface area (Å²) in [7, 11) is 3.49. The highest BCUT2D eigenvalue weighted by Crippen LogP contribution is 2.26. The van der Waals surface area contributed by atoms with Crippen molar-refractivity contribution in [1.29, 1.82) is 0 Å². The molecule has 1 aliphatic rings. The Morgan fingerprint density at radius 3 is 2.79 bits per heavy atom. The summed E-state index contributed by atoms with van der Waals surface area (Å²) in [6.07, 6.45) is 0.676. The van der Waals surface area contributed by atoms with Crippen LogP contribution in [0.2, 0.25) is 0 Å². The van der Waals surface area contributed by atoms with Gasteiger partial charge in [-0.2, -0.15) is 0 Å². The van der Waals surface area contributed by atoms with Gasteiger partial charge in [-0.25, -0.2) is 4.98 Å². The van der Waals surface area contributed by atoms with Crippen molar-refractivity contribution in [3.63, 3.8) is 0 Å². The summed E-state index contributed by atoms with van der Waals surface area (Å²) < 4.78 is 1.66. The van der Waals surface area contributed by atoms with E-state index in [0.717, 1.165) is 16.4 Å². The zero-order valence-corrected chi connectivity index (χ0v) is 12.6. The number of thioether (sulfide) groups is 1. The molecule has 1 unspecified atom stereocenters. The first-order valence-electron chi connectivity index (χ1n) is 6.40. The van der Waals surface area contributed by atoms with E-state index < -0.39 is 0 Å². The first-order chi connectivity index (χ1) is 8.95. The van der Waals surface area contributed by atoms with Crippen LogP contribution in [-0.2, 0) is 17.8 Å². The second kappa shape index (κ2) is 5.36. The van der Waals surface area contributed by atoms with Crippen molar-refractivity contribution in [3.05, 3.63) is 21.6 Å². The van der Waals surface area contributed by atoms with Crippen molar-refractivity contribution in [2.24, 2.45) is 5.92 Å². The van der Waals surface area contributed by atoms with Crippen LogP contribution in [0.1, 0.15) is 18.2 Å².